The largest absolute Gasteiger partial charge is 0.500 e. The fourth-order valence-corrected chi connectivity index (χ4v) is 5.96. The quantitative estimate of drug-likeness (QED) is 0.153. The van der Waals surface area contributed by atoms with Gasteiger partial charge in [-0.1, -0.05) is 6.08 Å². The number of hydrogen-bond donors (Lipinski definition) is 0. The van der Waals surface area contributed by atoms with Crippen LogP contribution in [0.1, 0.15) is 46.5 Å². The van der Waals surface area contributed by atoms with E-state index in [1.54, 1.807) is 6.08 Å². The number of methoxy groups -OCH3 is 1. The number of Topliss-reactive ketones (excluding diaryl/α,β-unsaturated/α-hetero) is 1. The minimum absolute atomic E-state index is 0.0549. The zero-order valence-corrected chi connectivity index (χ0v) is 17.0. The van der Waals surface area contributed by atoms with E-state index in [1.807, 2.05) is 20.8 Å². The van der Waals surface area contributed by atoms with Crippen LogP contribution in [0.5, 0.6) is 0 Å². The van der Waals surface area contributed by atoms with Gasteiger partial charge in [-0.25, -0.2) is 0 Å². The van der Waals surface area contributed by atoms with Crippen molar-refractivity contribution >= 4 is 20.6 Å². The first-order valence-corrected chi connectivity index (χ1v) is 11.1. The third-order valence-electron chi connectivity index (χ3n) is 4.58. The van der Waals surface area contributed by atoms with E-state index in [4.69, 9.17) is 18.0 Å². The average Bonchev–Trinajstić information content (AvgIpc) is 3.34. The topological polar surface area (TPSA) is 71.1 Å². The van der Waals surface area contributed by atoms with E-state index in [9.17, 15) is 9.59 Å². The van der Waals surface area contributed by atoms with Crippen LogP contribution in [0.25, 0.3) is 0 Å². The number of unbranched alkanes of at least 4 members (excludes halogenated alkanes) is 1. The summed E-state index contributed by atoms with van der Waals surface area (Å²) in [5.74, 6) is -0.596. The molecule has 0 aromatic heterocycles. The molecule has 0 aromatic carbocycles. The highest BCUT2D eigenvalue weighted by molar-refractivity contribution is 6.60. The van der Waals surface area contributed by atoms with Gasteiger partial charge in [0, 0.05) is 38.2 Å². The summed E-state index contributed by atoms with van der Waals surface area (Å²) in [6, 6.07) is 0.673. The predicted octanol–water partition coefficient (Wildman–Crippen LogP) is 3.14. The van der Waals surface area contributed by atoms with E-state index in [2.05, 4.69) is 6.58 Å². The van der Waals surface area contributed by atoms with E-state index >= 15 is 0 Å². The van der Waals surface area contributed by atoms with Crippen LogP contribution in [-0.4, -0.2) is 47.5 Å². The molecule has 0 N–H and O–H groups in total. The molecule has 0 amide bonds. The Bertz CT molecular complexity index is 449. The van der Waals surface area contributed by atoms with E-state index < -0.39 is 20.2 Å². The van der Waals surface area contributed by atoms with Crippen LogP contribution >= 0.6 is 0 Å². The molecule has 1 rings (SSSR count). The van der Waals surface area contributed by atoms with Crippen molar-refractivity contribution in [2.75, 3.05) is 26.9 Å². The maximum atomic E-state index is 12.6. The van der Waals surface area contributed by atoms with E-state index in [-0.39, 0.29) is 11.7 Å². The fourth-order valence-electron chi connectivity index (χ4n) is 3.28. The molecule has 2 unspecified atom stereocenters. The summed E-state index contributed by atoms with van der Waals surface area (Å²) in [4.78, 5) is 24.6. The lowest BCUT2D eigenvalue weighted by Gasteiger charge is -2.28. The maximum Gasteiger partial charge on any atom is 0.500 e. The average molecular weight is 373 g/mol. The molecule has 0 spiro atoms. The highest BCUT2D eigenvalue weighted by Gasteiger charge is 2.64. The van der Waals surface area contributed by atoms with Gasteiger partial charge in [-0.15, -0.1) is 6.58 Å². The molecule has 7 heteroatoms. The number of ketones is 1. The van der Waals surface area contributed by atoms with Gasteiger partial charge in [0.05, 0.1) is 7.11 Å². The van der Waals surface area contributed by atoms with Gasteiger partial charge >= 0.3 is 14.8 Å². The highest BCUT2D eigenvalue weighted by atomic mass is 28.4. The molecule has 1 fully saturated rings. The van der Waals surface area contributed by atoms with Crippen LogP contribution in [-0.2, 0) is 27.6 Å². The first kappa shape index (κ1) is 22.0. The van der Waals surface area contributed by atoms with Crippen LogP contribution in [0, 0.1) is 11.3 Å². The molecule has 0 saturated heterocycles. The smallest absolute Gasteiger partial charge is 0.468 e. The summed E-state index contributed by atoms with van der Waals surface area (Å²) >= 11 is 0. The second-order valence-electron chi connectivity index (χ2n) is 6.12. The van der Waals surface area contributed by atoms with Crippen molar-refractivity contribution in [1.82, 2.24) is 0 Å². The maximum absolute atomic E-state index is 12.6. The number of hydrogen-bond acceptors (Lipinski definition) is 6. The Labute approximate surface area is 152 Å². The van der Waals surface area contributed by atoms with Gasteiger partial charge in [0.25, 0.3) is 0 Å². The molecule has 1 saturated carbocycles. The lowest BCUT2D eigenvalue weighted by Crippen LogP contribution is -2.45. The van der Waals surface area contributed by atoms with E-state index in [0.29, 0.717) is 45.1 Å². The van der Waals surface area contributed by atoms with Crippen LogP contribution in [0.4, 0.5) is 0 Å². The zero-order chi connectivity index (χ0) is 18.9. The Morgan fingerprint density at radius 2 is 1.68 bits per heavy atom. The summed E-state index contributed by atoms with van der Waals surface area (Å²) < 4.78 is 22.3. The molecule has 2 atom stereocenters. The summed E-state index contributed by atoms with van der Waals surface area (Å²) in [5.41, 5.74) is -0.995. The first-order chi connectivity index (χ1) is 12.0. The molecular formula is C18H32O6Si. The van der Waals surface area contributed by atoms with Crippen molar-refractivity contribution in [3.8, 4) is 0 Å². The summed E-state index contributed by atoms with van der Waals surface area (Å²) in [6.07, 6.45) is 3.95. The Hall–Kier alpha value is -1.02. The molecule has 0 heterocycles. The van der Waals surface area contributed by atoms with Crippen molar-refractivity contribution in [3.63, 3.8) is 0 Å². The minimum atomic E-state index is -2.67. The fraction of sp³-hybridized carbons (Fsp3) is 0.778. The molecule has 0 radical (unpaired) electrons. The second-order valence-corrected chi connectivity index (χ2v) is 8.85. The molecule has 1 aliphatic rings. The van der Waals surface area contributed by atoms with Crippen molar-refractivity contribution < 1.29 is 27.6 Å². The monoisotopic (exact) mass is 372 g/mol. The molecule has 6 nitrogen and oxygen atoms in total. The van der Waals surface area contributed by atoms with Crippen molar-refractivity contribution in [1.29, 1.82) is 0 Å². The Morgan fingerprint density at radius 1 is 1.12 bits per heavy atom. The normalized spacial score (nSPS) is 22.5. The Kier molecular flexibility index (Phi) is 8.99. The van der Waals surface area contributed by atoms with Gasteiger partial charge in [-0.2, -0.15) is 0 Å². The Morgan fingerprint density at radius 3 is 2.08 bits per heavy atom. The van der Waals surface area contributed by atoms with Crippen molar-refractivity contribution in [2.45, 2.75) is 52.5 Å². The van der Waals surface area contributed by atoms with Crippen LogP contribution < -0.4 is 0 Å². The third kappa shape index (κ3) is 5.23. The lowest BCUT2D eigenvalue weighted by molar-refractivity contribution is -0.152. The van der Waals surface area contributed by atoms with Gasteiger partial charge in [0.2, 0.25) is 0 Å². The predicted molar refractivity (Wildman–Crippen MR) is 97.1 cm³/mol. The van der Waals surface area contributed by atoms with Gasteiger partial charge in [0.15, 0.2) is 5.78 Å². The molecule has 0 bridgehead atoms. The molecule has 144 valence electrons. The second kappa shape index (κ2) is 10.2. The number of allylic oxidation sites excluding steroid dienone is 1. The molecule has 25 heavy (non-hydrogen) atoms. The number of carbonyl (C=O) groups excluding carboxylic acids is 2. The number of esters is 1. The van der Waals surface area contributed by atoms with E-state index in [1.165, 1.54) is 7.11 Å². The lowest BCUT2D eigenvalue weighted by atomic mass is 9.94. The Balaban J connectivity index is 2.56. The third-order valence-corrected chi connectivity index (χ3v) is 7.73. The number of ether oxygens (including phenoxy) is 1. The molecule has 1 aliphatic carbocycles. The molecule has 0 aliphatic heterocycles. The molecule has 0 aromatic rings. The minimum Gasteiger partial charge on any atom is -0.468 e. The van der Waals surface area contributed by atoms with Crippen LogP contribution in [0.2, 0.25) is 6.04 Å². The number of rotatable bonds is 14. The van der Waals surface area contributed by atoms with Gasteiger partial charge in [0.1, 0.15) is 5.41 Å². The van der Waals surface area contributed by atoms with Gasteiger partial charge in [-0.3, -0.25) is 9.59 Å². The van der Waals surface area contributed by atoms with Crippen LogP contribution in [0.15, 0.2) is 12.7 Å². The van der Waals surface area contributed by atoms with Gasteiger partial charge < -0.3 is 18.0 Å². The zero-order valence-electron chi connectivity index (χ0n) is 16.0. The summed E-state index contributed by atoms with van der Waals surface area (Å²) in [7, 11) is -1.34. The van der Waals surface area contributed by atoms with Gasteiger partial charge in [-0.05, 0) is 40.0 Å². The standard InChI is InChI=1S/C18H32O6Si/c1-6-15-14-18(15,17(20)21-5)16(19)12-10-11-13-25(22-7-2,23-8-3)24-9-4/h6,15H,1,7-14H2,2-5H3. The number of carbonyl (C=O) groups is 2. The summed E-state index contributed by atoms with van der Waals surface area (Å²) in [5, 5.41) is 0. The highest BCUT2D eigenvalue weighted by Crippen LogP contribution is 2.55. The summed E-state index contributed by atoms with van der Waals surface area (Å²) in [6.45, 7) is 11.1. The van der Waals surface area contributed by atoms with Crippen LogP contribution in [0.3, 0.4) is 0 Å². The van der Waals surface area contributed by atoms with Crippen molar-refractivity contribution in [3.05, 3.63) is 12.7 Å². The first-order valence-electron chi connectivity index (χ1n) is 9.12. The SMILES string of the molecule is C=CC1CC1(C(=O)CCCC[Si](OCC)(OCC)OCC)C(=O)OC. The van der Waals surface area contributed by atoms with Crippen molar-refractivity contribution in [2.24, 2.45) is 11.3 Å². The molecular weight excluding hydrogens is 340 g/mol. The van der Waals surface area contributed by atoms with E-state index in [0.717, 1.165) is 6.42 Å².